The molecule has 14 rings (SSSR count). The molecule has 63 heavy (non-hydrogen) atoms. The third-order valence-corrected chi connectivity index (χ3v) is 14.5. The van der Waals surface area contributed by atoms with Gasteiger partial charge in [0.25, 0.3) is 0 Å². The summed E-state index contributed by atoms with van der Waals surface area (Å²) in [5.41, 5.74) is 16.0. The number of hydrogen-bond acceptors (Lipinski definition) is 5. The fourth-order valence-corrected chi connectivity index (χ4v) is 11.9. The van der Waals surface area contributed by atoms with Crippen molar-refractivity contribution in [1.29, 1.82) is 0 Å². The summed E-state index contributed by atoms with van der Waals surface area (Å²) in [5.74, 6) is 1.76. The standard InChI is InChI=1S/C58H33N3OS/c1-2-15-34(16-3-1)55-59-56(61-57(60-55)44-24-14-23-41-40-20-8-12-27-49(40)62-54(41)44)35-29-30-39-37-18-5-4-17-36(37)38-19-6-10-25-45(38)58(48(39)33-35)46-26-11-7-21-42(46)52-47(58)31-32-51-53(52)43-22-9-13-28-50(43)63-51/h1-33H. The van der Waals surface area contributed by atoms with Gasteiger partial charge in [-0.1, -0.05) is 170 Å². The molecule has 2 aliphatic rings. The van der Waals surface area contributed by atoms with Gasteiger partial charge in [-0.25, -0.2) is 15.0 Å². The highest BCUT2D eigenvalue weighted by atomic mass is 32.1. The van der Waals surface area contributed by atoms with E-state index in [9.17, 15) is 0 Å². The van der Waals surface area contributed by atoms with Crippen LogP contribution in [0, 0.1) is 0 Å². The summed E-state index contributed by atoms with van der Waals surface area (Å²) in [6.45, 7) is 0. The molecule has 0 amide bonds. The third-order valence-electron chi connectivity index (χ3n) is 13.4. The number of para-hydroxylation sites is 2. The lowest BCUT2D eigenvalue weighted by molar-refractivity contribution is 0.669. The summed E-state index contributed by atoms with van der Waals surface area (Å²) in [6, 6.07) is 72.2. The molecule has 1 atom stereocenters. The molecule has 4 nitrogen and oxygen atoms in total. The van der Waals surface area contributed by atoms with Gasteiger partial charge in [0.1, 0.15) is 11.2 Å². The molecule has 5 heteroatoms. The van der Waals surface area contributed by atoms with Crippen LogP contribution in [0.4, 0.5) is 0 Å². The minimum atomic E-state index is -0.678. The minimum Gasteiger partial charge on any atom is -0.455 e. The molecule has 3 aromatic heterocycles. The van der Waals surface area contributed by atoms with E-state index < -0.39 is 5.41 Å². The minimum absolute atomic E-state index is 0.562. The number of thiophene rings is 1. The molecule has 2 aliphatic carbocycles. The first-order chi connectivity index (χ1) is 31.2. The monoisotopic (exact) mass is 819 g/mol. The van der Waals surface area contributed by atoms with Crippen LogP contribution in [0.5, 0.6) is 0 Å². The Bertz CT molecular complexity index is 3880. The molecule has 0 N–H and O–H groups in total. The van der Waals surface area contributed by atoms with Crippen LogP contribution in [0.3, 0.4) is 0 Å². The molecular weight excluding hydrogens is 787 g/mol. The summed E-state index contributed by atoms with van der Waals surface area (Å²) < 4.78 is 9.16. The first-order valence-electron chi connectivity index (χ1n) is 21.3. The highest BCUT2D eigenvalue weighted by Gasteiger charge is 2.50. The normalized spacial score (nSPS) is 14.7. The Hall–Kier alpha value is -7.99. The van der Waals surface area contributed by atoms with Crippen LogP contribution in [0.1, 0.15) is 22.3 Å². The number of furan rings is 1. The second-order valence-electron chi connectivity index (χ2n) is 16.6. The van der Waals surface area contributed by atoms with E-state index in [1.54, 1.807) is 0 Å². The molecule has 1 spiro atoms. The van der Waals surface area contributed by atoms with E-state index in [2.05, 4.69) is 164 Å². The maximum atomic E-state index is 6.57. The lowest BCUT2D eigenvalue weighted by Crippen LogP contribution is -2.29. The van der Waals surface area contributed by atoms with Crippen molar-refractivity contribution in [2.24, 2.45) is 0 Å². The number of benzene rings is 9. The Kier molecular flexibility index (Phi) is 7.16. The van der Waals surface area contributed by atoms with Gasteiger partial charge in [0, 0.05) is 42.1 Å². The maximum absolute atomic E-state index is 6.57. The number of hydrogen-bond donors (Lipinski definition) is 0. The third kappa shape index (κ3) is 4.77. The van der Waals surface area contributed by atoms with Gasteiger partial charge in [0.2, 0.25) is 0 Å². The van der Waals surface area contributed by atoms with Gasteiger partial charge < -0.3 is 4.42 Å². The highest BCUT2D eigenvalue weighted by Crippen LogP contribution is 2.63. The average Bonchev–Trinajstić information content (AvgIpc) is 4.00. The summed E-state index contributed by atoms with van der Waals surface area (Å²) in [6.07, 6.45) is 0. The molecule has 12 aromatic rings. The van der Waals surface area contributed by atoms with E-state index in [0.29, 0.717) is 17.5 Å². The van der Waals surface area contributed by atoms with Crippen molar-refractivity contribution < 1.29 is 4.42 Å². The maximum Gasteiger partial charge on any atom is 0.167 e. The van der Waals surface area contributed by atoms with Crippen LogP contribution in [0.25, 0.3) is 110 Å². The smallest absolute Gasteiger partial charge is 0.167 e. The number of aromatic nitrogens is 3. The molecule has 1 unspecified atom stereocenters. The second-order valence-corrected chi connectivity index (χ2v) is 17.6. The number of nitrogens with zero attached hydrogens (tertiary/aromatic N) is 3. The molecule has 9 aromatic carbocycles. The molecule has 0 saturated carbocycles. The van der Waals surface area contributed by atoms with Crippen LogP contribution in [0.2, 0.25) is 0 Å². The Morgan fingerprint density at radius 2 is 0.968 bits per heavy atom. The molecule has 3 heterocycles. The molecule has 0 saturated heterocycles. The molecule has 0 radical (unpaired) electrons. The van der Waals surface area contributed by atoms with Crippen LogP contribution in [-0.2, 0) is 5.41 Å². The van der Waals surface area contributed by atoms with Gasteiger partial charge in [-0.2, -0.15) is 0 Å². The quantitative estimate of drug-likeness (QED) is 0.178. The summed E-state index contributed by atoms with van der Waals surface area (Å²) in [5, 5.41) is 4.71. The Morgan fingerprint density at radius 1 is 0.365 bits per heavy atom. The largest absolute Gasteiger partial charge is 0.455 e. The van der Waals surface area contributed by atoms with Gasteiger partial charge in [0.15, 0.2) is 17.5 Å². The van der Waals surface area contributed by atoms with Crippen molar-refractivity contribution in [2.75, 3.05) is 0 Å². The van der Waals surface area contributed by atoms with E-state index >= 15 is 0 Å². The first-order valence-corrected chi connectivity index (χ1v) is 22.2. The fourth-order valence-electron chi connectivity index (χ4n) is 10.8. The zero-order chi connectivity index (χ0) is 41.2. The molecule has 0 fully saturated rings. The molecule has 0 aliphatic heterocycles. The Balaban J connectivity index is 1.10. The van der Waals surface area contributed by atoms with Crippen molar-refractivity contribution in [2.45, 2.75) is 5.41 Å². The van der Waals surface area contributed by atoms with E-state index in [0.717, 1.165) is 38.6 Å². The Morgan fingerprint density at radius 3 is 1.79 bits per heavy atom. The SMILES string of the molecule is c1ccc(-c2nc(-c3ccc4c(c3)C3(c5ccccc5-c5ccccc5-4)c4ccccc4-c4c3ccc3sc5ccccc5c43)nc(-c3cccc4c3oc3ccccc34)n2)cc1. The van der Waals surface area contributed by atoms with Gasteiger partial charge >= 0.3 is 0 Å². The number of rotatable bonds is 3. The summed E-state index contributed by atoms with van der Waals surface area (Å²) in [4.78, 5) is 15.9. The van der Waals surface area contributed by atoms with Crippen LogP contribution >= 0.6 is 11.3 Å². The van der Waals surface area contributed by atoms with Gasteiger partial charge in [-0.05, 0) is 86.0 Å². The van der Waals surface area contributed by atoms with Crippen LogP contribution < -0.4 is 0 Å². The number of fused-ring (bicyclic) bond motifs is 19. The average molecular weight is 820 g/mol. The molecule has 292 valence electrons. The van der Waals surface area contributed by atoms with Crippen molar-refractivity contribution in [3.05, 3.63) is 222 Å². The van der Waals surface area contributed by atoms with Crippen molar-refractivity contribution in [3.63, 3.8) is 0 Å². The predicted molar refractivity (Wildman–Crippen MR) is 258 cm³/mol. The Labute approximate surface area is 366 Å². The first kappa shape index (κ1) is 34.7. The zero-order valence-corrected chi connectivity index (χ0v) is 34.5. The van der Waals surface area contributed by atoms with Crippen molar-refractivity contribution in [1.82, 2.24) is 15.0 Å². The van der Waals surface area contributed by atoms with Gasteiger partial charge in [-0.15, -0.1) is 11.3 Å². The van der Waals surface area contributed by atoms with Crippen molar-refractivity contribution >= 4 is 53.4 Å². The van der Waals surface area contributed by atoms with E-state index in [1.807, 2.05) is 47.7 Å². The molecule has 0 bridgehead atoms. The van der Waals surface area contributed by atoms with E-state index in [4.69, 9.17) is 19.4 Å². The summed E-state index contributed by atoms with van der Waals surface area (Å²) >= 11 is 1.87. The predicted octanol–water partition coefficient (Wildman–Crippen LogP) is 15.2. The lowest BCUT2D eigenvalue weighted by Gasteiger charge is -2.35. The topological polar surface area (TPSA) is 51.8 Å². The van der Waals surface area contributed by atoms with Gasteiger partial charge in [0.05, 0.1) is 11.0 Å². The fraction of sp³-hybridized carbons (Fsp3) is 0.0172. The second kappa shape index (κ2) is 13.0. The summed E-state index contributed by atoms with van der Waals surface area (Å²) in [7, 11) is 0. The van der Waals surface area contributed by atoms with Crippen LogP contribution in [0.15, 0.2) is 205 Å². The lowest BCUT2D eigenvalue weighted by atomic mass is 9.65. The van der Waals surface area contributed by atoms with E-state index in [-0.39, 0.29) is 0 Å². The highest BCUT2D eigenvalue weighted by molar-refractivity contribution is 7.26. The van der Waals surface area contributed by atoms with E-state index in [1.165, 1.54) is 75.8 Å². The van der Waals surface area contributed by atoms with Crippen molar-refractivity contribution in [3.8, 4) is 67.5 Å². The van der Waals surface area contributed by atoms with Gasteiger partial charge in [-0.3, -0.25) is 0 Å². The van der Waals surface area contributed by atoms with Crippen LogP contribution in [-0.4, -0.2) is 15.0 Å². The zero-order valence-electron chi connectivity index (χ0n) is 33.7. The molecular formula is C58H33N3OS.